The topological polar surface area (TPSA) is 139 Å². The predicted molar refractivity (Wildman–Crippen MR) is 109 cm³/mol. The van der Waals surface area contributed by atoms with E-state index in [1.807, 2.05) is 0 Å². The number of benzene rings is 2. The largest absolute Gasteiger partial charge is 0.351 e. The van der Waals surface area contributed by atoms with Crippen LogP contribution in [0.1, 0.15) is 10.5 Å². The van der Waals surface area contributed by atoms with Gasteiger partial charge in [0.05, 0.1) is 22.2 Å². The van der Waals surface area contributed by atoms with Gasteiger partial charge in [-0.05, 0) is 24.3 Å². The van der Waals surface area contributed by atoms with Gasteiger partial charge in [-0.2, -0.15) is 0 Å². The van der Waals surface area contributed by atoms with Crippen LogP contribution in [-0.4, -0.2) is 26.3 Å². The quantitative estimate of drug-likeness (QED) is 0.270. The fourth-order valence-corrected chi connectivity index (χ4v) is 3.24. The summed E-state index contributed by atoms with van der Waals surface area (Å²) in [7, 11) is 0. The van der Waals surface area contributed by atoms with E-state index in [-0.39, 0.29) is 23.4 Å². The summed E-state index contributed by atoms with van der Waals surface area (Å²) in [5.41, 5.74) is 5.21. The van der Waals surface area contributed by atoms with E-state index in [9.17, 15) is 24.5 Å². The SMILES string of the molecule is O=C(Cn1c2ccccc2c(=O)c2ccccc21)NNC(=O)c1cc([N+](=O)[O-])c[nH]1. The maximum absolute atomic E-state index is 12.7. The zero-order chi connectivity index (χ0) is 21.3. The van der Waals surface area contributed by atoms with E-state index in [4.69, 9.17) is 0 Å². The van der Waals surface area contributed by atoms with Crippen LogP contribution in [0, 0.1) is 10.1 Å². The number of hydrogen-bond acceptors (Lipinski definition) is 5. The number of fused-ring (bicyclic) bond motifs is 2. The Bertz CT molecular complexity index is 1310. The lowest BCUT2D eigenvalue weighted by Crippen LogP contribution is -2.43. The van der Waals surface area contributed by atoms with Crippen molar-refractivity contribution in [2.75, 3.05) is 0 Å². The van der Waals surface area contributed by atoms with Gasteiger partial charge in [-0.15, -0.1) is 0 Å². The van der Waals surface area contributed by atoms with Crippen molar-refractivity contribution in [2.45, 2.75) is 6.54 Å². The Morgan fingerprint density at radius 1 is 1.00 bits per heavy atom. The number of hydrazine groups is 1. The molecule has 0 aliphatic heterocycles. The monoisotopic (exact) mass is 405 g/mol. The lowest BCUT2D eigenvalue weighted by atomic mass is 10.1. The Kier molecular flexibility index (Phi) is 4.72. The summed E-state index contributed by atoms with van der Waals surface area (Å²) in [6.45, 7) is -0.160. The lowest BCUT2D eigenvalue weighted by molar-refractivity contribution is -0.384. The fraction of sp³-hybridized carbons (Fsp3) is 0.0500. The number of amides is 2. The van der Waals surface area contributed by atoms with Crippen molar-refractivity contribution in [3.05, 3.63) is 86.8 Å². The Morgan fingerprint density at radius 2 is 1.60 bits per heavy atom. The molecular formula is C20H15N5O5. The summed E-state index contributed by atoms with van der Waals surface area (Å²) >= 11 is 0. The average molecular weight is 405 g/mol. The van der Waals surface area contributed by atoms with E-state index in [0.717, 1.165) is 12.3 Å². The van der Waals surface area contributed by atoms with Crippen molar-refractivity contribution in [2.24, 2.45) is 0 Å². The molecule has 0 unspecified atom stereocenters. The molecule has 150 valence electrons. The zero-order valence-corrected chi connectivity index (χ0v) is 15.4. The standard InChI is InChI=1S/C20H15N5O5/c26-18(22-23-20(28)15-9-12(10-21-15)25(29)30)11-24-16-7-3-1-5-13(16)19(27)14-6-2-4-8-17(14)24/h1-10,21H,11H2,(H,22,26)(H,23,28). The number of H-pyrrole nitrogens is 1. The van der Waals surface area contributed by atoms with Gasteiger partial charge in [-0.1, -0.05) is 24.3 Å². The van der Waals surface area contributed by atoms with Crippen LogP contribution in [0.5, 0.6) is 0 Å². The highest BCUT2D eigenvalue weighted by atomic mass is 16.6. The molecule has 4 aromatic rings. The molecule has 0 spiro atoms. The first kappa shape index (κ1) is 18.9. The third-order valence-electron chi connectivity index (χ3n) is 4.62. The number of aromatic nitrogens is 2. The minimum absolute atomic E-state index is 0.0683. The van der Waals surface area contributed by atoms with E-state index in [1.54, 1.807) is 53.1 Å². The second-order valence-corrected chi connectivity index (χ2v) is 6.48. The number of nitrogens with zero attached hydrogens (tertiary/aromatic N) is 2. The maximum Gasteiger partial charge on any atom is 0.287 e. The van der Waals surface area contributed by atoms with Crippen LogP contribution in [0.4, 0.5) is 5.69 Å². The van der Waals surface area contributed by atoms with Crippen LogP contribution in [0.15, 0.2) is 65.6 Å². The molecule has 4 rings (SSSR count). The van der Waals surface area contributed by atoms with Gasteiger partial charge in [0.1, 0.15) is 12.2 Å². The number of carbonyl (C=O) groups is 2. The van der Waals surface area contributed by atoms with Gasteiger partial charge < -0.3 is 9.55 Å². The van der Waals surface area contributed by atoms with E-state index >= 15 is 0 Å². The summed E-state index contributed by atoms with van der Waals surface area (Å²) in [5, 5.41) is 11.7. The molecule has 0 saturated carbocycles. The molecule has 0 bridgehead atoms. The van der Waals surface area contributed by atoms with Crippen LogP contribution in [0.25, 0.3) is 21.8 Å². The van der Waals surface area contributed by atoms with Gasteiger partial charge in [-0.3, -0.25) is 35.3 Å². The number of nitro groups is 1. The van der Waals surface area contributed by atoms with Crippen molar-refractivity contribution >= 4 is 39.3 Å². The van der Waals surface area contributed by atoms with E-state index in [2.05, 4.69) is 15.8 Å². The highest BCUT2D eigenvalue weighted by Crippen LogP contribution is 2.19. The molecule has 0 saturated heterocycles. The average Bonchev–Trinajstić information content (AvgIpc) is 3.26. The van der Waals surface area contributed by atoms with Crippen LogP contribution in [0.2, 0.25) is 0 Å². The summed E-state index contributed by atoms with van der Waals surface area (Å²) in [5.74, 6) is -1.27. The Labute approximate surface area is 168 Å². The molecule has 10 nitrogen and oxygen atoms in total. The molecule has 10 heteroatoms. The fourth-order valence-electron chi connectivity index (χ4n) is 3.24. The van der Waals surface area contributed by atoms with Gasteiger partial charge in [0.25, 0.3) is 17.5 Å². The molecule has 0 radical (unpaired) electrons. The van der Waals surface area contributed by atoms with Gasteiger partial charge in [-0.25, -0.2) is 0 Å². The third kappa shape index (κ3) is 3.37. The Balaban J connectivity index is 1.58. The molecule has 2 amide bonds. The molecule has 2 aromatic carbocycles. The number of rotatable bonds is 4. The molecule has 3 N–H and O–H groups in total. The van der Waals surface area contributed by atoms with Crippen LogP contribution < -0.4 is 16.3 Å². The summed E-state index contributed by atoms with van der Waals surface area (Å²) in [6.07, 6.45) is 1.08. The number of para-hydroxylation sites is 2. The van der Waals surface area contributed by atoms with Gasteiger partial charge >= 0.3 is 0 Å². The molecule has 2 heterocycles. The van der Waals surface area contributed by atoms with Gasteiger partial charge in [0.2, 0.25) is 0 Å². The smallest absolute Gasteiger partial charge is 0.287 e. The predicted octanol–water partition coefficient (Wildman–Crippen LogP) is 1.85. The summed E-state index contributed by atoms with van der Waals surface area (Å²) in [6, 6.07) is 15.0. The minimum atomic E-state index is -0.730. The maximum atomic E-state index is 12.7. The minimum Gasteiger partial charge on any atom is -0.351 e. The molecule has 2 aromatic heterocycles. The Morgan fingerprint density at radius 3 is 2.17 bits per heavy atom. The first-order valence-electron chi connectivity index (χ1n) is 8.88. The van der Waals surface area contributed by atoms with Crippen molar-refractivity contribution in [1.82, 2.24) is 20.4 Å². The van der Waals surface area contributed by atoms with Crippen LogP contribution >= 0.6 is 0 Å². The summed E-state index contributed by atoms with van der Waals surface area (Å²) < 4.78 is 1.69. The van der Waals surface area contributed by atoms with E-state index in [0.29, 0.717) is 21.8 Å². The molecule has 0 fully saturated rings. The molecule has 30 heavy (non-hydrogen) atoms. The Hall–Kier alpha value is -4.47. The van der Waals surface area contributed by atoms with Gasteiger partial charge in [0.15, 0.2) is 5.43 Å². The normalized spacial score (nSPS) is 10.8. The number of pyridine rings is 1. The van der Waals surface area contributed by atoms with E-state index in [1.165, 1.54) is 0 Å². The molecule has 0 aliphatic rings. The van der Waals surface area contributed by atoms with Crippen molar-refractivity contribution in [1.29, 1.82) is 0 Å². The van der Waals surface area contributed by atoms with Crippen molar-refractivity contribution < 1.29 is 14.5 Å². The first-order valence-corrected chi connectivity index (χ1v) is 8.88. The van der Waals surface area contributed by atoms with Crippen LogP contribution in [0.3, 0.4) is 0 Å². The second kappa shape index (κ2) is 7.51. The highest BCUT2D eigenvalue weighted by molar-refractivity contribution is 5.96. The highest BCUT2D eigenvalue weighted by Gasteiger charge is 2.16. The number of hydrogen-bond donors (Lipinski definition) is 3. The van der Waals surface area contributed by atoms with Crippen molar-refractivity contribution in [3.63, 3.8) is 0 Å². The summed E-state index contributed by atoms with van der Waals surface area (Å²) in [4.78, 5) is 49.8. The number of carbonyl (C=O) groups excluding carboxylic acids is 2. The number of aromatic amines is 1. The second-order valence-electron chi connectivity index (χ2n) is 6.48. The van der Waals surface area contributed by atoms with Gasteiger partial charge in [0, 0.05) is 16.8 Å². The van der Waals surface area contributed by atoms with E-state index < -0.39 is 16.7 Å². The molecular weight excluding hydrogens is 390 g/mol. The zero-order valence-electron chi connectivity index (χ0n) is 15.4. The molecule has 0 aliphatic carbocycles. The lowest BCUT2D eigenvalue weighted by Gasteiger charge is -2.15. The van der Waals surface area contributed by atoms with Crippen LogP contribution in [-0.2, 0) is 11.3 Å². The molecule has 0 atom stereocenters. The number of nitrogens with one attached hydrogen (secondary N) is 3. The third-order valence-corrected chi connectivity index (χ3v) is 4.62. The first-order chi connectivity index (χ1) is 14.5. The van der Waals surface area contributed by atoms with Crippen molar-refractivity contribution in [3.8, 4) is 0 Å².